The lowest BCUT2D eigenvalue weighted by Gasteiger charge is -2.12. The smallest absolute Gasteiger partial charge is 0.139 e. The first-order valence-electron chi connectivity index (χ1n) is 6.62. The highest BCUT2D eigenvalue weighted by Crippen LogP contribution is 2.38. The van der Waals surface area contributed by atoms with Crippen LogP contribution in [0.1, 0.15) is 12.5 Å². The zero-order valence-electron chi connectivity index (χ0n) is 11.8. The predicted octanol–water partition coefficient (Wildman–Crippen LogP) is 4.92. The lowest BCUT2D eigenvalue weighted by molar-refractivity contribution is 0.340. The largest absolute Gasteiger partial charge is 0.492 e. The molecule has 0 aromatic heterocycles. The van der Waals surface area contributed by atoms with Crippen LogP contribution in [0.3, 0.4) is 0 Å². The van der Waals surface area contributed by atoms with Crippen LogP contribution in [0.4, 0.5) is 4.39 Å². The second kappa shape index (κ2) is 7.12. The van der Waals surface area contributed by atoms with Crippen LogP contribution in [0.2, 0.25) is 10.0 Å². The molecule has 0 radical (unpaired) electrons. The van der Waals surface area contributed by atoms with Gasteiger partial charge in [0, 0.05) is 23.7 Å². The van der Waals surface area contributed by atoms with E-state index in [1.165, 1.54) is 6.07 Å². The van der Waals surface area contributed by atoms with E-state index < -0.39 is 0 Å². The molecule has 21 heavy (non-hydrogen) atoms. The van der Waals surface area contributed by atoms with E-state index in [9.17, 15) is 4.39 Å². The molecule has 0 fully saturated rings. The van der Waals surface area contributed by atoms with E-state index in [1.807, 2.05) is 14.0 Å². The van der Waals surface area contributed by atoms with E-state index in [4.69, 9.17) is 27.9 Å². The lowest BCUT2D eigenvalue weighted by Crippen LogP contribution is -2.05. The van der Waals surface area contributed by atoms with Crippen molar-refractivity contribution in [2.75, 3.05) is 13.7 Å². The first-order chi connectivity index (χ1) is 10.1. The normalized spacial score (nSPS) is 10.7. The van der Waals surface area contributed by atoms with E-state index >= 15 is 0 Å². The highest BCUT2D eigenvalue weighted by Gasteiger charge is 2.14. The molecule has 2 nitrogen and oxygen atoms in total. The number of nitrogens with one attached hydrogen (secondary N) is 1. The Kier molecular flexibility index (Phi) is 5.45. The van der Waals surface area contributed by atoms with Crippen LogP contribution < -0.4 is 10.1 Å². The summed E-state index contributed by atoms with van der Waals surface area (Å²) < 4.78 is 19.5. The first kappa shape index (κ1) is 16.1. The molecule has 0 aliphatic carbocycles. The molecule has 2 aromatic carbocycles. The Hall–Kier alpha value is -1.29. The lowest BCUT2D eigenvalue weighted by atomic mass is 10.0. The van der Waals surface area contributed by atoms with Gasteiger partial charge in [-0.05, 0) is 37.7 Å². The molecule has 0 saturated heterocycles. The van der Waals surface area contributed by atoms with Crippen molar-refractivity contribution in [3.8, 4) is 16.9 Å². The summed E-state index contributed by atoms with van der Waals surface area (Å²) in [7, 11) is 1.84. The molecule has 2 rings (SSSR count). The Balaban J connectivity index is 2.51. The van der Waals surface area contributed by atoms with Gasteiger partial charge in [-0.15, -0.1) is 0 Å². The molecule has 0 spiro atoms. The molecule has 112 valence electrons. The van der Waals surface area contributed by atoms with E-state index in [1.54, 1.807) is 24.3 Å². The second-order valence-electron chi connectivity index (χ2n) is 4.54. The molecule has 0 amide bonds. The maximum atomic E-state index is 14.1. The topological polar surface area (TPSA) is 21.3 Å². The van der Waals surface area contributed by atoms with Crippen molar-refractivity contribution in [1.82, 2.24) is 5.32 Å². The molecule has 0 unspecified atom stereocenters. The van der Waals surface area contributed by atoms with E-state index in [2.05, 4.69) is 5.32 Å². The molecule has 0 saturated carbocycles. The fourth-order valence-electron chi connectivity index (χ4n) is 2.09. The van der Waals surface area contributed by atoms with E-state index in [0.29, 0.717) is 40.1 Å². The number of ether oxygens (including phenoxy) is 1. The summed E-state index contributed by atoms with van der Waals surface area (Å²) in [6.07, 6.45) is 0. The van der Waals surface area contributed by atoms with Crippen molar-refractivity contribution < 1.29 is 9.13 Å². The Bertz CT molecular complexity index is 646. The summed E-state index contributed by atoms with van der Waals surface area (Å²) in [5.74, 6) is 0.164. The van der Waals surface area contributed by atoms with Crippen molar-refractivity contribution in [3.05, 3.63) is 51.8 Å². The van der Waals surface area contributed by atoms with Gasteiger partial charge in [-0.3, -0.25) is 0 Å². The molecule has 5 heteroatoms. The van der Waals surface area contributed by atoms with Crippen LogP contribution in [-0.4, -0.2) is 13.7 Å². The number of rotatable bonds is 5. The standard InChI is InChI=1S/C16H16Cl2FNO/c1-3-21-16-8-13(17)11(7-14(16)18)12-6-10(9-20-2)4-5-15(12)19/h4-8,20H,3,9H2,1-2H3. The summed E-state index contributed by atoms with van der Waals surface area (Å²) in [5, 5.41) is 3.85. The summed E-state index contributed by atoms with van der Waals surface area (Å²) in [5.41, 5.74) is 1.95. The highest BCUT2D eigenvalue weighted by molar-refractivity contribution is 6.36. The van der Waals surface area contributed by atoms with Gasteiger partial charge in [-0.25, -0.2) is 4.39 Å². The Morgan fingerprint density at radius 3 is 2.52 bits per heavy atom. The Labute approximate surface area is 133 Å². The average Bonchev–Trinajstić information content (AvgIpc) is 2.45. The predicted molar refractivity (Wildman–Crippen MR) is 85.8 cm³/mol. The van der Waals surface area contributed by atoms with Crippen LogP contribution in [-0.2, 0) is 6.54 Å². The maximum Gasteiger partial charge on any atom is 0.139 e. The van der Waals surface area contributed by atoms with Crippen LogP contribution >= 0.6 is 23.2 Å². The Morgan fingerprint density at radius 2 is 1.86 bits per heavy atom. The minimum Gasteiger partial charge on any atom is -0.492 e. The number of hydrogen-bond donors (Lipinski definition) is 1. The maximum absolute atomic E-state index is 14.1. The molecule has 0 atom stereocenters. The van der Waals surface area contributed by atoms with E-state index in [-0.39, 0.29) is 5.82 Å². The molecule has 0 aliphatic heterocycles. The zero-order chi connectivity index (χ0) is 15.4. The summed E-state index contributed by atoms with van der Waals surface area (Å²) in [4.78, 5) is 0. The van der Waals surface area contributed by atoms with Gasteiger partial charge in [-0.1, -0.05) is 29.3 Å². The summed E-state index contributed by atoms with van der Waals surface area (Å²) in [6, 6.07) is 8.19. The monoisotopic (exact) mass is 327 g/mol. The Morgan fingerprint density at radius 1 is 1.10 bits per heavy atom. The fraction of sp³-hybridized carbons (Fsp3) is 0.250. The third-order valence-electron chi connectivity index (χ3n) is 3.02. The van der Waals surface area contributed by atoms with Crippen LogP contribution in [0.25, 0.3) is 11.1 Å². The van der Waals surface area contributed by atoms with E-state index in [0.717, 1.165) is 5.56 Å². The number of benzene rings is 2. The minimum atomic E-state index is -0.336. The third-order valence-corrected chi connectivity index (χ3v) is 3.63. The molecule has 2 aromatic rings. The number of halogens is 3. The first-order valence-corrected chi connectivity index (χ1v) is 7.37. The van der Waals surface area contributed by atoms with Gasteiger partial charge in [0.1, 0.15) is 11.6 Å². The second-order valence-corrected chi connectivity index (χ2v) is 5.35. The molecule has 0 bridgehead atoms. The van der Waals surface area contributed by atoms with Crippen LogP contribution in [0, 0.1) is 5.82 Å². The fourth-order valence-corrected chi connectivity index (χ4v) is 2.57. The highest BCUT2D eigenvalue weighted by atomic mass is 35.5. The molecular weight excluding hydrogens is 312 g/mol. The van der Waals surface area contributed by atoms with Gasteiger partial charge in [0.25, 0.3) is 0 Å². The van der Waals surface area contributed by atoms with Gasteiger partial charge in [-0.2, -0.15) is 0 Å². The van der Waals surface area contributed by atoms with Gasteiger partial charge in [0.15, 0.2) is 0 Å². The van der Waals surface area contributed by atoms with Gasteiger partial charge < -0.3 is 10.1 Å². The van der Waals surface area contributed by atoms with Crippen molar-refractivity contribution >= 4 is 23.2 Å². The quantitative estimate of drug-likeness (QED) is 0.841. The van der Waals surface area contributed by atoms with Crippen molar-refractivity contribution in [1.29, 1.82) is 0 Å². The third kappa shape index (κ3) is 3.67. The van der Waals surface area contributed by atoms with Crippen molar-refractivity contribution in [2.24, 2.45) is 0 Å². The summed E-state index contributed by atoms with van der Waals surface area (Å²) >= 11 is 12.4. The average molecular weight is 328 g/mol. The van der Waals surface area contributed by atoms with Crippen molar-refractivity contribution in [2.45, 2.75) is 13.5 Å². The summed E-state index contributed by atoms with van der Waals surface area (Å²) in [6.45, 7) is 3.00. The minimum absolute atomic E-state index is 0.336. The molecular formula is C16H16Cl2FNO. The van der Waals surface area contributed by atoms with Gasteiger partial charge in [0.05, 0.1) is 16.7 Å². The SMILES string of the molecule is CCOc1cc(Cl)c(-c2cc(CNC)ccc2F)cc1Cl. The molecule has 0 aliphatic rings. The number of hydrogen-bond acceptors (Lipinski definition) is 2. The molecule has 0 heterocycles. The van der Waals surface area contributed by atoms with Crippen LogP contribution in [0.15, 0.2) is 30.3 Å². The van der Waals surface area contributed by atoms with Gasteiger partial charge >= 0.3 is 0 Å². The molecule has 1 N–H and O–H groups in total. The van der Waals surface area contributed by atoms with Gasteiger partial charge in [0.2, 0.25) is 0 Å². The zero-order valence-corrected chi connectivity index (χ0v) is 13.4. The van der Waals surface area contributed by atoms with Crippen LogP contribution in [0.5, 0.6) is 5.75 Å². The van der Waals surface area contributed by atoms with Crippen molar-refractivity contribution in [3.63, 3.8) is 0 Å².